The molecule has 6 N–H and O–H groups in total. The van der Waals surface area contributed by atoms with Crippen LogP contribution in [0.2, 0.25) is 0 Å². The second-order valence-electron chi connectivity index (χ2n) is 9.77. The first-order valence-corrected chi connectivity index (χ1v) is 16.0. The van der Waals surface area contributed by atoms with E-state index in [1.54, 1.807) is 44.2 Å². The minimum atomic E-state index is -4.19. The zero-order valence-corrected chi connectivity index (χ0v) is 24.8. The van der Waals surface area contributed by atoms with Crippen LogP contribution in [0.25, 0.3) is 6.08 Å². The highest BCUT2D eigenvalue weighted by atomic mass is 32.2. The second kappa shape index (κ2) is 15.5. The first-order chi connectivity index (χ1) is 19.0. The van der Waals surface area contributed by atoms with Gasteiger partial charge >= 0.3 is 0 Å². The summed E-state index contributed by atoms with van der Waals surface area (Å²) in [6.07, 6.45) is 8.06. The van der Waals surface area contributed by atoms with Gasteiger partial charge in [0.05, 0.1) is 18.1 Å². The molecule has 228 valence electrons. The van der Waals surface area contributed by atoms with E-state index in [2.05, 4.69) is 4.98 Å². The van der Waals surface area contributed by atoms with Gasteiger partial charge in [0.2, 0.25) is 17.7 Å². The second-order valence-corrected chi connectivity index (χ2v) is 13.5. The number of nitrogens with one attached hydrogen (secondary N) is 2. The van der Waals surface area contributed by atoms with Crippen LogP contribution in [-0.2, 0) is 29.5 Å². The zero-order chi connectivity index (χ0) is 31.4. The van der Waals surface area contributed by atoms with Gasteiger partial charge in [-0.2, -0.15) is 8.42 Å². The molecule has 0 bridgehead atoms. The first-order valence-electron chi connectivity index (χ1n) is 12.3. The van der Waals surface area contributed by atoms with Crippen molar-refractivity contribution in [2.75, 3.05) is 12.5 Å². The van der Waals surface area contributed by atoms with Gasteiger partial charge in [0, 0.05) is 25.1 Å². The molecule has 1 aromatic carbocycles. The molecule has 1 aromatic heterocycles. The fourth-order valence-corrected chi connectivity index (χ4v) is 5.87. The lowest BCUT2D eigenvalue weighted by molar-refractivity contribution is -0.142. The summed E-state index contributed by atoms with van der Waals surface area (Å²) in [6.45, 7) is 3.60. The number of aromatic nitrogens is 2. The largest absolute Gasteiger partial charge is 0.294 e. The van der Waals surface area contributed by atoms with Gasteiger partial charge in [0.15, 0.2) is 9.84 Å². The third kappa shape index (κ3) is 11.2. The smallest absolute Gasteiger partial charge is 0.261 e. The van der Waals surface area contributed by atoms with Gasteiger partial charge in [0.25, 0.3) is 10.1 Å². The molecule has 0 fully saturated rings. The van der Waals surface area contributed by atoms with Crippen molar-refractivity contribution in [3.05, 3.63) is 60.7 Å². The van der Waals surface area contributed by atoms with Crippen LogP contribution in [0.4, 0.5) is 0 Å². The van der Waals surface area contributed by atoms with Crippen molar-refractivity contribution >= 4 is 43.8 Å². The molecular weight excluding hydrogens is 578 g/mol. The summed E-state index contributed by atoms with van der Waals surface area (Å²) in [5.74, 6) is 0.120. The number of nitrogens with zero attached hydrogens (tertiary/aromatic N) is 2. The number of carbonyl (C=O) groups is 3. The van der Waals surface area contributed by atoms with Crippen LogP contribution >= 0.6 is 0 Å². The third-order valence-electron chi connectivity index (χ3n) is 6.10. The molecule has 0 radical (unpaired) electrons. The molecule has 41 heavy (non-hydrogen) atoms. The quantitative estimate of drug-likeness (QED) is 0.0746. The van der Waals surface area contributed by atoms with Crippen molar-refractivity contribution in [1.29, 1.82) is 0 Å². The molecule has 0 spiro atoms. The first kappa shape index (κ1) is 35.6. The average Bonchev–Trinajstić information content (AvgIpc) is 3.42. The minimum absolute atomic E-state index is 0.0903. The molecule has 14 nitrogen and oxygen atoms in total. The van der Waals surface area contributed by atoms with Gasteiger partial charge in [-0.15, -0.1) is 0 Å². The van der Waals surface area contributed by atoms with Gasteiger partial charge in [-0.3, -0.25) is 34.1 Å². The molecule has 3 atom stereocenters. The summed E-state index contributed by atoms with van der Waals surface area (Å²) in [6, 6.07) is 8.77. The maximum Gasteiger partial charge on any atom is 0.261 e. The molecule has 0 aliphatic heterocycles. The lowest BCUT2D eigenvalue weighted by Crippen LogP contribution is -2.57. The highest BCUT2D eigenvalue weighted by molar-refractivity contribution is 7.92. The van der Waals surface area contributed by atoms with E-state index in [9.17, 15) is 36.4 Å². The average molecular weight is 616 g/mol. The molecule has 16 heteroatoms. The fraction of sp³-hybridized carbons (Fsp3) is 0.440. The number of carbonyl (C=O) groups excluding carboxylic acids is 3. The summed E-state index contributed by atoms with van der Waals surface area (Å²) in [5.41, 5.74) is 4.18. The Hall–Kier alpha value is -3.44. The molecule has 0 saturated heterocycles. The number of benzene rings is 1. The number of sulfone groups is 1. The van der Waals surface area contributed by atoms with Crippen molar-refractivity contribution in [2.24, 2.45) is 23.6 Å². The van der Waals surface area contributed by atoms with Crippen LogP contribution in [0.3, 0.4) is 0 Å². The van der Waals surface area contributed by atoms with E-state index in [1.807, 2.05) is 5.43 Å². The molecular formula is C25H37N5O9S2. The number of hydroxylamine groups is 1. The van der Waals surface area contributed by atoms with E-state index in [0.29, 0.717) is 11.8 Å². The minimum Gasteiger partial charge on any atom is -0.294 e. The van der Waals surface area contributed by atoms with Crippen LogP contribution in [0.5, 0.6) is 0 Å². The van der Waals surface area contributed by atoms with E-state index in [1.165, 1.54) is 40.9 Å². The van der Waals surface area contributed by atoms with Gasteiger partial charge in [-0.1, -0.05) is 56.3 Å². The Morgan fingerprint density at radius 2 is 1.68 bits per heavy atom. The normalized spacial score (nSPS) is 14.8. The van der Waals surface area contributed by atoms with Crippen LogP contribution in [0, 0.1) is 17.8 Å². The lowest BCUT2D eigenvalue weighted by atomic mass is 9.73. The Kier molecular flexibility index (Phi) is 13.5. The Bertz CT molecular complexity index is 1390. The van der Waals surface area contributed by atoms with Crippen molar-refractivity contribution in [3.8, 4) is 0 Å². The maximum atomic E-state index is 13.5. The van der Waals surface area contributed by atoms with E-state index in [4.69, 9.17) is 10.4 Å². The van der Waals surface area contributed by atoms with Crippen molar-refractivity contribution in [1.82, 2.24) is 20.5 Å². The molecule has 2 aromatic rings. The molecule has 2 rings (SSSR count). The van der Waals surface area contributed by atoms with E-state index < -0.39 is 54.3 Å². The lowest BCUT2D eigenvalue weighted by Gasteiger charge is -2.39. The molecule has 0 aliphatic carbocycles. The zero-order valence-electron chi connectivity index (χ0n) is 23.2. The van der Waals surface area contributed by atoms with E-state index in [0.717, 1.165) is 6.26 Å². The van der Waals surface area contributed by atoms with Gasteiger partial charge < -0.3 is 0 Å². The van der Waals surface area contributed by atoms with Crippen LogP contribution in [0.1, 0.15) is 43.5 Å². The Balaban J connectivity index is 0.00000154. The van der Waals surface area contributed by atoms with Gasteiger partial charge in [-0.25, -0.2) is 24.7 Å². The Morgan fingerprint density at radius 1 is 1.10 bits per heavy atom. The van der Waals surface area contributed by atoms with Crippen molar-refractivity contribution in [2.45, 2.75) is 37.9 Å². The summed E-state index contributed by atoms with van der Waals surface area (Å²) < 4.78 is 52.1. The number of amides is 2. The molecule has 1 heterocycles. The van der Waals surface area contributed by atoms with Crippen molar-refractivity contribution in [3.63, 3.8) is 0 Å². The third-order valence-corrected chi connectivity index (χ3v) is 8.07. The standard InChI is InChI=1S/C24H33N5O6S.CH4O3S/c1-17(2)15-19(22(31)27-25)21(23(32)28-33)24(36(3,34)35,11-9-18-7-5-4-6-8-18)12-10-20(30)29-14-13-26-16-29;1-5(2,3)4/h4-9,11,13-14,16-17,19,21,33H,10,12,15,25H2,1-3H3,(H,27,31)(H,28,32);1H3,(H,2,3,4)/b11-9+;/t19-,21+,24?;/m1./s1. The van der Waals surface area contributed by atoms with Crippen molar-refractivity contribution < 1.29 is 41.0 Å². The number of imidazole rings is 1. The number of hydrazine groups is 1. The van der Waals surface area contributed by atoms with Gasteiger partial charge in [0.1, 0.15) is 11.1 Å². The van der Waals surface area contributed by atoms with E-state index in [-0.39, 0.29) is 25.2 Å². The van der Waals surface area contributed by atoms with E-state index >= 15 is 0 Å². The number of rotatable bonds is 12. The highest BCUT2D eigenvalue weighted by Gasteiger charge is 2.54. The number of nitrogens with two attached hydrogens (primary N) is 1. The SMILES string of the molecule is CC(C)C[C@@H](C(=O)NN)[C@@H](C(=O)NO)C(/C=C/c1ccccc1)(CCC(=O)n1ccnc1)S(C)(=O)=O.CS(=O)(=O)O. The van der Waals surface area contributed by atoms with Crippen LogP contribution in [0.15, 0.2) is 55.1 Å². The van der Waals surface area contributed by atoms with Gasteiger partial charge in [-0.05, 0) is 24.3 Å². The molecule has 0 aliphatic rings. The van der Waals surface area contributed by atoms with Crippen LogP contribution < -0.4 is 16.7 Å². The monoisotopic (exact) mass is 615 g/mol. The van der Waals surface area contributed by atoms with Crippen LogP contribution in [-0.4, -0.2) is 71.1 Å². The predicted molar refractivity (Wildman–Crippen MR) is 151 cm³/mol. The summed E-state index contributed by atoms with van der Waals surface area (Å²) in [7, 11) is -7.86. The molecule has 2 amide bonds. The highest BCUT2D eigenvalue weighted by Crippen LogP contribution is 2.41. The predicted octanol–water partition coefficient (Wildman–Crippen LogP) is 1.08. The Labute approximate surface area is 239 Å². The Morgan fingerprint density at radius 3 is 2.12 bits per heavy atom. The summed E-state index contributed by atoms with van der Waals surface area (Å²) in [5, 5.41) is 9.62. The molecule has 1 unspecified atom stereocenters. The maximum absolute atomic E-state index is 13.5. The number of hydrogen-bond acceptors (Lipinski definition) is 10. The molecule has 0 saturated carbocycles. The topological polar surface area (TPSA) is 228 Å². The fourth-order valence-electron chi connectivity index (χ4n) is 4.35. The number of hydrogen-bond donors (Lipinski definition) is 5. The summed E-state index contributed by atoms with van der Waals surface area (Å²) in [4.78, 5) is 42.7. The summed E-state index contributed by atoms with van der Waals surface area (Å²) >= 11 is 0.